The van der Waals surface area contributed by atoms with Crippen LogP contribution in [0.15, 0.2) is 48.5 Å². The number of thiophene rings is 1. The van der Waals surface area contributed by atoms with Gasteiger partial charge in [-0.2, -0.15) is 0 Å². The van der Waals surface area contributed by atoms with Crippen LogP contribution in [0.1, 0.15) is 159 Å². The van der Waals surface area contributed by atoms with Crippen molar-refractivity contribution in [2.75, 3.05) is 0 Å². The van der Waals surface area contributed by atoms with Crippen molar-refractivity contribution in [3.8, 4) is 0 Å². The van der Waals surface area contributed by atoms with E-state index in [1.54, 1.807) is 0 Å². The summed E-state index contributed by atoms with van der Waals surface area (Å²) in [7, 11) is 0. The molecular formula is C44H68Cl4N8O2S. The number of para-hydroxylation sites is 4. The van der Waals surface area contributed by atoms with Gasteiger partial charge in [-0.05, 0) is 62.1 Å². The molecule has 59 heavy (non-hydrogen) atoms. The predicted molar refractivity (Wildman–Crippen MR) is 256 cm³/mol. The molecule has 0 saturated carbocycles. The minimum Gasteiger partial charge on any atom is -0.327 e. The molecule has 0 spiro atoms. The van der Waals surface area contributed by atoms with Gasteiger partial charge in [-0.3, -0.25) is 20.4 Å². The zero-order chi connectivity index (χ0) is 38.8. The molecule has 5 rings (SSSR count). The number of aromatic nitrogens is 4. The quantitative estimate of drug-likeness (QED) is 0.0324. The normalized spacial score (nSPS) is 10.8. The summed E-state index contributed by atoms with van der Waals surface area (Å²) in [6.45, 7) is 10.9. The van der Waals surface area contributed by atoms with Crippen molar-refractivity contribution in [1.29, 1.82) is 0 Å². The number of amides is 2. The van der Waals surface area contributed by atoms with Crippen LogP contribution in [0.3, 0.4) is 0 Å². The Morgan fingerprint density at radius 1 is 0.525 bits per heavy atom. The summed E-state index contributed by atoms with van der Waals surface area (Å²) >= 11 is 1.21. The van der Waals surface area contributed by atoms with E-state index < -0.39 is 0 Å². The van der Waals surface area contributed by atoms with Gasteiger partial charge >= 0.3 is 0 Å². The van der Waals surface area contributed by atoms with E-state index in [0.29, 0.717) is 22.8 Å². The molecule has 0 aliphatic carbocycles. The number of nitrogens with one attached hydrogen (secondary N) is 4. The monoisotopic (exact) mass is 912 g/mol. The van der Waals surface area contributed by atoms with Crippen LogP contribution >= 0.6 is 61.0 Å². The lowest BCUT2D eigenvalue weighted by molar-refractivity contribution is 0.0928. The van der Waals surface area contributed by atoms with Crippen LogP contribution in [0.5, 0.6) is 0 Å². The topological polar surface area (TPSA) is 118 Å². The average Bonchev–Trinajstić information content (AvgIpc) is 3.83. The van der Waals surface area contributed by atoms with Gasteiger partial charge in [0.05, 0.1) is 44.9 Å². The van der Waals surface area contributed by atoms with Crippen molar-refractivity contribution < 1.29 is 9.59 Å². The molecular weight excluding hydrogens is 846 g/mol. The number of hydrogen-bond acceptors (Lipinski definition) is 7. The Hall–Kier alpha value is -2.90. The summed E-state index contributed by atoms with van der Waals surface area (Å²) in [5.74, 6) is 1.25. The molecule has 0 radical (unpaired) electrons. The van der Waals surface area contributed by atoms with E-state index in [4.69, 9.17) is 9.97 Å². The minimum absolute atomic E-state index is 0. The molecule has 0 bridgehead atoms. The van der Waals surface area contributed by atoms with Crippen LogP contribution in [0.25, 0.3) is 22.1 Å². The Kier molecular flexibility index (Phi) is 26.9. The first-order valence-corrected chi connectivity index (χ1v) is 21.8. The highest BCUT2D eigenvalue weighted by Gasteiger charge is 2.22. The molecule has 5 aromatic rings. The highest BCUT2D eigenvalue weighted by molar-refractivity contribution is 7.16. The lowest BCUT2D eigenvalue weighted by Crippen LogP contribution is -2.37. The number of nitrogens with zero attached hydrogens (tertiary/aromatic N) is 4. The first kappa shape index (κ1) is 54.1. The third kappa shape index (κ3) is 15.8. The molecule has 3 aromatic heterocycles. The van der Waals surface area contributed by atoms with Gasteiger partial charge in [0, 0.05) is 13.1 Å². The second-order valence-electron chi connectivity index (χ2n) is 14.9. The highest BCUT2D eigenvalue weighted by atomic mass is 35.5. The molecule has 0 atom stereocenters. The Bertz CT molecular complexity index is 1830. The summed E-state index contributed by atoms with van der Waals surface area (Å²) in [5.41, 5.74) is 17.7. The van der Waals surface area contributed by atoms with Crippen molar-refractivity contribution in [3.05, 3.63) is 81.1 Å². The van der Waals surface area contributed by atoms with E-state index in [2.05, 4.69) is 56.8 Å². The molecule has 4 N–H and O–H groups in total. The van der Waals surface area contributed by atoms with Crippen LogP contribution in [0.4, 0.5) is 0 Å². The number of fused-ring (bicyclic) bond motifs is 2. The maximum atomic E-state index is 13.4. The van der Waals surface area contributed by atoms with Gasteiger partial charge in [0.1, 0.15) is 11.6 Å². The summed E-state index contributed by atoms with van der Waals surface area (Å²) in [5, 5.41) is 0. The SMILES string of the molecule is CCCCCCCCCCn1c(CNNC(=O)c2sc(C(=O)NNCc3nc4ccccc4n3CCCCCCCCCC)c(C)c2C)nc2ccccc21.Cl.Cl.Cl.Cl. The van der Waals surface area contributed by atoms with Gasteiger partial charge in [-0.1, -0.05) is 128 Å². The third-order valence-electron chi connectivity index (χ3n) is 10.7. The largest absolute Gasteiger partial charge is 0.327 e. The summed E-state index contributed by atoms with van der Waals surface area (Å²) in [6.07, 6.45) is 20.3. The van der Waals surface area contributed by atoms with Gasteiger partial charge in [0.2, 0.25) is 0 Å². The maximum absolute atomic E-state index is 13.4. The molecule has 0 unspecified atom stereocenters. The highest BCUT2D eigenvalue weighted by Crippen LogP contribution is 2.27. The molecule has 330 valence electrons. The van der Waals surface area contributed by atoms with E-state index in [0.717, 1.165) is 70.8 Å². The lowest BCUT2D eigenvalue weighted by atomic mass is 10.1. The van der Waals surface area contributed by atoms with Crippen LogP contribution in [-0.2, 0) is 26.2 Å². The van der Waals surface area contributed by atoms with Crippen molar-refractivity contribution in [2.45, 2.75) is 157 Å². The molecule has 3 heterocycles. The van der Waals surface area contributed by atoms with Gasteiger partial charge < -0.3 is 9.13 Å². The number of unbranched alkanes of at least 4 members (excludes halogenated alkanes) is 14. The number of halogens is 4. The Balaban J connectivity index is 0.00000435. The minimum atomic E-state index is -0.266. The lowest BCUT2D eigenvalue weighted by Gasteiger charge is -2.11. The fourth-order valence-corrected chi connectivity index (χ4v) is 8.48. The van der Waals surface area contributed by atoms with Crippen LogP contribution in [-0.4, -0.2) is 30.9 Å². The van der Waals surface area contributed by atoms with Gasteiger partial charge in [0.15, 0.2) is 0 Å². The third-order valence-corrected chi connectivity index (χ3v) is 12.1. The number of benzene rings is 2. The molecule has 15 heteroatoms. The molecule has 0 saturated heterocycles. The molecule has 0 fully saturated rings. The van der Waals surface area contributed by atoms with Crippen molar-refractivity contribution in [2.24, 2.45) is 0 Å². The van der Waals surface area contributed by atoms with Gasteiger partial charge in [-0.15, -0.1) is 61.0 Å². The second-order valence-corrected chi connectivity index (χ2v) is 15.9. The van der Waals surface area contributed by atoms with Crippen LogP contribution in [0.2, 0.25) is 0 Å². The van der Waals surface area contributed by atoms with E-state index in [-0.39, 0.29) is 61.4 Å². The van der Waals surface area contributed by atoms with E-state index in [1.165, 1.54) is 101 Å². The number of carbonyl (C=O) groups excluding carboxylic acids is 2. The Morgan fingerprint density at radius 3 is 1.24 bits per heavy atom. The number of hydrogen-bond donors (Lipinski definition) is 4. The fraction of sp³-hybridized carbons (Fsp3) is 0.545. The molecule has 0 aliphatic heterocycles. The van der Waals surface area contributed by atoms with Gasteiger partial charge in [-0.25, -0.2) is 20.8 Å². The van der Waals surface area contributed by atoms with E-state index in [1.807, 2.05) is 50.2 Å². The smallest absolute Gasteiger partial charge is 0.275 e. The fourth-order valence-electron chi connectivity index (χ4n) is 7.38. The molecule has 10 nitrogen and oxygen atoms in total. The van der Waals surface area contributed by atoms with Crippen LogP contribution < -0.4 is 21.7 Å². The van der Waals surface area contributed by atoms with Gasteiger partial charge in [0.25, 0.3) is 11.8 Å². The maximum Gasteiger partial charge on any atom is 0.275 e. The van der Waals surface area contributed by atoms with E-state index in [9.17, 15) is 9.59 Å². The van der Waals surface area contributed by atoms with E-state index >= 15 is 0 Å². The molecule has 2 amide bonds. The molecule has 0 aliphatic rings. The number of hydrazine groups is 2. The Morgan fingerprint density at radius 2 is 0.864 bits per heavy atom. The zero-order valence-corrected chi connectivity index (χ0v) is 39.5. The second kappa shape index (κ2) is 29.4. The standard InChI is InChI=1S/C44H64N8O2S.4ClH/c1-5-7-9-11-13-15-17-23-29-51-37-27-21-19-25-35(37)47-39(51)31-45-49-43(53)41-33(3)34(4)42(55-41)44(54)50-46-32-40-48-36-26-20-22-28-38(36)52(40)30-24-18-16-14-12-10-8-6-2;;;;/h19-22,25-28,45-46H,5-18,23-24,29-32H2,1-4H3,(H,49,53)(H,50,54);4*1H. The van der Waals surface area contributed by atoms with Crippen molar-refractivity contribution >= 4 is 94.8 Å². The Labute approximate surface area is 380 Å². The predicted octanol–water partition coefficient (Wildman–Crippen LogP) is 11.9. The first-order valence-electron chi connectivity index (χ1n) is 21.0. The molecule has 2 aromatic carbocycles. The summed E-state index contributed by atoms with van der Waals surface area (Å²) in [6, 6.07) is 16.4. The van der Waals surface area contributed by atoms with Crippen LogP contribution in [0, 0.1) is 13.8 Å². The first-order chi connectivity index (χ1) is 26.9. The number of imidazole rings is 2. The number of carbonyl (C=O) groups is 2. The number of aryl methyl sites for hydroxylation is 2. The summed E-state index contributed by atoms with van der Waals surface area (Å²) in [4.78, 5) is 37.6. The average molecular weight is 915 g/mol. The van der Waals surface area contributed by atoms with Crippen molar-refractivity contribution in [3.63, 3.8) is 0 Å². The number of rotatable bonds is 26. The van der Waals surface area contributed by atoms with Crippen molar-refractivity contribution in [1.82, 2.24) is 40.8 Å². The zero-order valence-electron chi connectivity index (χ0n) is 35.4. The summed E-state index contributed by atoms with van der Waals surface area (Å²) < 4.78 is 4.54.